The molecular weight excluding hydrogens is 669 g/mol. The third-order valence-electron chi connectivity index (χ3n) is 15.0. The molecule has 4 aliphatic heterocycles. The van der Waals surface area contributed by atoms with E-state index in [1.165, 1.54) is 88.8 Å². The number of hydrogen-bond donors (Lipinski definition) is 0. The van der Waals surface area contributed by atoms with Crippen LogP contribution in [0.4, 0.5) is 34.1 Å². The van der Waals surface area contributed by atoms with Crippen LogP contribution in [-0.4, -0.2) is 21.5 Å². The molecule has 0 amide bonds. The zero-order valence-corrected chi connectivity index (χ0v) is 31.6. The third kappa shape index (κ3) is 3.84. The van der Waals surface area contributed by atoms with E-state index < -0.39 is 8.07 Å². The molecule has 1 atom stereocenters. The largest absolute Gasteiger partial charge is 0.349 e. The summed E-state index contributed by atoms with van der Waals surface area (Å²) >= 11 is 0. The predicted molar refractivity (Wildman–Crippen MR) is 229 cm³/mol. The molecule has 5 heteroatoms. The van der Waals surface area contributed by atoms with Crippen molar-refractivity contribution in [2.75, 3.05) is 21.4 Å². The van der Waals surface area contributed by atoms with Crippen molar-refractivity contribution in [3.63, 3.8) is 0 Å². The highest BCUT2D eigenvalue weighted by atomic mass is 28.3. The molecule has 262 valence electrons. The fourth-order valence-corrected chi connectivity index (χ4v) is 17.0. The van der Waals surface area contributed by atoms with Crippen LogP contribution in [-0.2, 0) is 12.0 Å². The molecule has 4 heterocycles. The summed E-state index contributed by atoms with van der Waals surface area (Å²) in [6, 6.07) is 37.3. The van der Waals surface area contributed by atoms with Gasteiger partial charge < -0.3 is 14.7 Å². The Morgan fingerprint density at radius 2 is 1.35 bits per heavy atom. The fraction of sp³-hybridized carbons (Fsp3) is 0.265. The monoisotopic (exact) mass is 718 g/mol. The van der Waals surface area contributed by atoms with E-state index in [-0.39, 0.29) is 42.3 Å². The van der Waals surface area contributed by atoms with Gasteiger partial charge in [0.05, 0.1) is 13.5 Å². The van der Waals surface area contributed by atoms with Crippen LogP contribution >= 0.6 is 0 Å². The fourth-order valence-electron chi connectivity index (χ4n) is 13.2. The second-order valence-corrected chi connectivity index (χ2v) is 21.6. The molecule has 1 unspecified atom stereocenters. The maximum atomic E-state index is 9.39. The Kier molecular flexibility index (Phi) is 5.09. The van der Waals surface area contributed by atoms with E-state index in [1.807, 2.05) is 0 Å². The topological polar surface area (TPSA) is 9.72 Å². The van der Waals surface area contributed by atoms with Gasteiger partial charge in [0.25, 0.3) is 6.71 Å². The molecule has 4 bridgehead atoms. The van der Waals surface area contributed by atoms with Gasteiger partial charge in [0.2, 0.25) is 0 Å². The Labute approximate surface area is 327 Å². The minimum absolute atomic E-state index is 0.0189. The molecule has 6 aromatic rings. The van der Waals surface area contributed by atoms with Gasteiger partial charge in [-0.2, -0.15) is 0 Å². The van der Waals surface area contributed by atoms with Crippen LogP contribution in [0.5, 0.6) is 0 Å². The van der Waals surface area contributed by atoms with Crippen molar-refractivity contribution < 1.29 is 6.85 Å². The lowest BCUT2D eigenvalue weighted by Crippen LogP contribution is -2.72. The summed E-state index contributed by atoms with van der Waals surface area (Å²) in [4.78, 5) is 7.73. The van der Waals surface area contributed by atoms with Crippen molar-refractivity contribution in [1.82, 2.24) is 0 Å². The highest BCUT2D eigenvalue weighted by Crippen LogP contribution is 2.62. The van der Waals surface area contributed by atoms with E-state index in [0.29, 0.717) is 5.19 Å². The number of para-hydroxylation sites is 4. The van der Waals surface area contributed by atoms with E-state index in [9.17, 15) is 2.74 Å². The summed E-state index contributed by atoms with van der Waals surface area (Å²) in [5.74, 6) is 2.43. The first kappa shape index (κ1) is 25.9. The van der Waals surface area contributed by atoms with Gasteiger partial charge in [0.1, 0.15) is 0 Å². The van der Waals surface area contributed by atoms with Crippen LogP contribution in [0.3, 0.4) is 0 Å². The Hall–Kier alpha value is -5.00. The summed E-state index contributed by atoms with van der Waals surface area (Å²) in [5, 5.41) is 2.66. The van der Waals surface area contributed by atoms with E-state index in [0.717, 1.165) is 52.7 Å². The number of anilines is 6. The maximum absolute atomic E-state index is 9.39. The van der Waals surface area contributed by atoms with Crippen LogP contribution in [0.25, 0.3) is 0 Å². The molecule has 6 aromatic carbocycles. The molecule has 0 saturated heterocycles. The van der Waals surface area contributed by atoms with Crippen molar-refractivity contribution in [3.05, 3.63) is 144 Å². The van der Waals surface area contributed by atoms with Crippen LogP contribution in [0.1, 0.15) is 56.5 Å². The third-order valence-corrected chi connectivity index (χ3v) is 19.2. The molecule has 4 aliphatic carbocycles. The van der Waals surface area contributed by atoms with E-state index in [1.54, 1.807) is 0 Å². The molecule has 8 aliphatic rings. The SMILES string of the molecule is [2H]c1c([2H])c([2H])c([Si]2(C)c3ccccc3N3c4cc(C56CC7CC(CC(C7)C5)C6)cc5c4B(c4cccc6c4N5CN(c4ccccc4)C6)c4cccc2c43)c([2H])c1[2H]. The Morgan fingerprint density at radius 3 is 2.13 bits per heavy atom. The molecule has 0 aromatic heterocycles. The van der Waals surface area contributed by atoms with Gasteiger partial charge in [0.15, 0.2) is 8.07 Å². The molecule has 0 N–H and O–H groups in total. The standard InChI is InChI=1S/C49H44BN3Si/c1-54(38-15-6-3-7-16-38)44-20-9-8-19-41(44)53-43-26-36(49-27-32-22-33(28-49)24-34(23-32)29-49)25-42-46(43)50(40-18-11-21-45(54)48(40)53)39-17-10-12-35-30-51(31-52(42)47(35)39)37-13-4-2-5-14-37/h2-21,25-26,32-34H,22-24,27-31H2,1H3/i3D,6D,7D,15D,16D. The van der Waals surface area contributed by atoms with Gasteiger partial charge in [0, 0.05) is 40.7 Å². The van der Waals surface area contributed by atoms with Gasteiger partial charge in [-0.15, -0.1) is 0 Å². The summed E-state index contributed by atoms with van der Waals surface area (Å²) in [7, 11) is -3.23. The van der Waals surface area contributed by atoms with Gasteiger partial charge in [-0.05, 0) is 135 Å². The molecule has 3 nitrogen and oxygen atoms in total. The minimum atomic E-state index is -3.23. The number of rotatable bonds is 3. The molecule has 54 heavy (non-hydrogen) atoms. The first-order valence-corrected chi connectivity index (χ1v) is 22.6. The lowest BCUT2D eigenvalue weighted by molar-refractivity contribution is -0.00514. The molecule has 14 rings (SSSR count). The van der Waals surface area contributed by atoms with Crippen molar-refractivity contribution in [3.8, 4) is 0 Å². The van der Waals surface area contributed by atoms with Gasteiger partial charge in [-0.3, -0.25) is 0 Å². The summed E-state index contributed by atoms with van der Waals surface area (Å²) in [6.07, 6.45) is 8.01. The first-order valence-electron chi connectivity index (χ1n) is 22.6. The zero-order valence-electron chi connectivity index (χ0n) is 35.6. The summed E-state index contributed by atoms with van der Waals surface area (Å²) in [5.41, 5.74) is 14.2. The number of fused-ring (bicyclic) bond motifs is 6. The van der Waals surface area contributed by atoms with Gasteiger partial charge in [-0.25, -0.2) is 0 Å². The van der Waals surface area contributed by atoms with Crippen LogP contribution in [0.15, 0.2) is 133 Å². The average molecular weight is 719 g/mol. The van der Waals surface area contributed by atoms with Crippen molar-refractivity contribution in [1.29, 1.82) is 0 Å². The Morgan fingerprint density at radius 1 is 0.685 bits per heavy atom. The predicted octanol–water partition coefficient (Wildman–Crippen LogP) is 7.30. The molecule has 4 saturated carbocycles. The van der Waals surface area contributed by atoms with E-state index in [2.05, 4.69) is 124 Å². The highest BCUT2D eigenvalue weighted by molar-refractivity contribution is 7.13. The van der Waals surface area contributed by atoms with Gasteiger partial charge in [-0.1, -0.05) is 110 Å². The quantitative estimate of drug-likeness (QED) is 0.178. The van der Waals surface area contributed by atoms with E-state index in [4.69, 9.17) is 4.11 Å². The number of benzene rings is 6. The molecule has 0 radical (unpaired) electrons. The highest BCUT2D eigenvalue weighted by Gasteiger charge is 2.55. The minimum Gasteiger partial charge on any atom is -0.349 e. The van der Waals surface area contributed by atoms with Crippen molar-refractivity contribution in [2.45, 2.75) is 57.0 Å². The second kappa shape index (κ2) is 10.6. The Bertz CT molecular complexity index is 2790. The second-order valence-electron chi connectivity index (χ2n) is 17.7. The summed E-state index contributed by atoms with van der Waals surface area (Å²) < 4.78 is 45.0. The zero-order chi connectivity index (χ0) is 39.7. The van der Waals surface area contributed by atoms with Gasteiger partial charge >= 0.3 is 0 Å². The lowest BCUT2D eigenvalue weighted by atomic mass is 9.33. The number of nitrogens with zero attached hydrogens (tertiary/aromatic N) is 3. The summed E-state index contributed by atoms with van der Waals surface area (Å²) in [6.45, 7) is 3.81. The molecule has 0 spiro atoms. The normalized spacial score (nSPS) is 28.6. The molecular formula is C49H44BN3Si. The first-order chi connectivity index (χ1) is 28.6. The van der Waals surface area contributed by atoms with Crippen LogP contribution in [0.2, 0.25) is 6.55 Å². The lowest BCUT2D eigenvalue weighted by Gasteiger charge is -2.58. The van der Waals surface area contributed by atoms with Crippen LogP contribution in [0, 0.1) is 17.8 Å². The smallest absolute Gasteiger partial charge is 0.252 e. The van der Waals surface area contributed by atoms with Crippen LogP contribution < -0.4 is 46.6 Å². The average Bonchev–Trinajstić information content (AvgIpc) is 3.25. The Balaban J connectivity index is 1.12. The number of hydrogen-bond acceptors (Lipinski definition) is 3. The maximum Gasteiger partial charge on any atom is 0.252 e. The molecule has 4 fully saturated rings. The van der Waals surface area contributed by atoms with Crippen molar-refractivity contribution in [2.24, 2.45) is 17.8 Å². The van der Waals surface area contributed by atoms with E-state index >= 15 is 0 Å². The van der Waals surface area contributed by atoms with Crippen molar-refractivity contribution >= 4 is 80.9 Å².